The van der Waals surface area contributed by atoms with Crippen LogP contribution >= 0.6 is 0 Å². The van der Waals surface area contributed by atoms with Crippen molar-refractivity contribution in [3.8, 4) is 0 Å². The second kappa shape index (κ2) is 10.6. The summed E-state index contributed by atoms with van der Waals surface area (Å²) in [6.45, 7) is -0.216. The summed E-state index contributed by atoms with van der Waals surface area (Å²) in [7, 11) is -4.10. The zero-order valence-corrected chi connectivity index (χ0v) is 17.9. The molecule has 8 nitrogen and oxygen atoms in total. The standard InChI is InChI=1S/C21H23F2N3O5S/c22-15-6-8-19(9-7-15)32(29,30)25-13-21(28)26(17-4-1-3-16(23)11-17)14-20(27)24-12-18-5-2-10-31-18/h1,3-4,6-9,11,18,25H,2,5,10,12-14H2,(H,24,27)/t18-/m0/s1. The van der Waals surface area contributed by atoms with E-state index in [9.17, 15) is 26.8 Å². The number of anilines is 1. The van der Waals surface area contributed by atoms with Gasteiger partial charge in [0.2, 0.25) is 21.8 Å². The van der Waals surface area contributed by atoms with Crippen molar-refractivity contribution in [3.63, 3.8) is 0 Å². The van der Waals surface area contributed by atoms with E-state index in [1.165, 1.54) is 18.2 Å². The number of carbonyl (C=O) groups excluding carboxylic acids is 2. The average molecular weight is 467 g/mol. The van der Waals surface area contributed by atoms with Crippen LogP contribution in [0.1, 0.15) is 12.8 Å². The highest BCUT2D eigenvalue weighted by Crippen LogP contribution is 2.16. The van der Waals surface area contributed by atoms with Crippen molar-refractivity contribution < 1.29 is 31.5 Å². The molecule has 0 bridgehead atoms. The highest BCUT2D eigenvalue weighted by Gasteiger charge is 2.23. The summed E-state index contributed by atoms with van der Waals surface area (Å²) in [5, 5.41) is 2.67. The van der Waals surface area contributed by atoms with Gasteiger partial charge in [-0.05, 0) is 55.3 Å². The summed E-state index contributed by atoms with van der Waals surface area (Å²) < 4.78 is 59.1. The number of carbonyl (C=O) groups is 2. The third-order valence-electron chi connectivity index (χ3n) is 4.81. The molecule has 2 aromatic carbocycles. The molecule has 0 spiro atoms. The topological polar surface area (TPSA) is 105 Å². The van der Waals surface area contributed by atoms with E-state index in [1.54, 1.807) is 0 Å². The number of sulfonamides is 1. The summed E-state index contributed by atoms with van der Waals surface area (Å²) in [6.07, 6.45) is 1.63. The fourth-order valence-electron chi connectivity index (χ4n) is 3.15. The van der Waals surface area contributed by atoms with Crippen molar-refractivity contribution >= 4 is 27.5 Å². The minimum Gasteiger partial charge on any atom is -0.376 e. The second-order valence-electron chi connectivity index (χ2n) is 7.18. The van der Waals surface area contributed by atoms with Gasteiger partial charge in [0.15, 0.2) is 0 Å². The van der Waals surface area contributed by atoms with Gasteiger partial charge in [-0.2, -0.15) is 0 Å². The predicted octanol–water partition coefficient (Wildman–Crippen LogP) is 1.57. The molecule has 2 amide bonds. The molecule has 0 aromatic heterocycles. The van der Waals surface area contributed by atoms with Crippen molar-refractivity contribution in [2.75, 3.05) is 31.1 Å². The van der Waals surface area contributed by atoms with Gasteiger partial charge in [-0.3, -0.25) is 9.59 Å². The number of nitrogens with zero attached hydrogens (tertiary/aromatic N) is 1. The number of halogens is 2. The number of benzene rings is 2. The van der Waals surface area contributed by atoms with Crippen LogP contribution in [0.2, 0.25) is 0 Å². The molecule has 3 rings (SSSR count). The fraction of sp³-hybridized carbons (Fsp3) is 0.333. The van der Waals surface area contributed by atoms with Crippen LogP contribution in [0.15, 0.2) is 53.4 Å². The van der Waals surface area contributed by atoms with E-state index in [1.807, 2.05) is 0 Å². The number of hydrogen-bond acceptors (Lipinski definition) is 5. The van der Waals surface area contributed by atoms with Gasteiger partial charge in [0, 0.05) is 18.8 Å². The van der Waals surface area contributed by atoms with Gasteiger partial charge in [-0.15, -0.1) is 0 Å². The lowest BCUT2D eigenvalue weighted by Crippen LogP contribution is -2.46. The Morgan fingerprint density at radius 3 is 2.50 bits per heavy atom. The molecule has 1 fully saturated rings. The van der Waals surface area contributed by atoms with E-state index in [2.05, 4.69) is 10.0 Å². The van der Waals surface area contributed by atoms with E-state index in [0.29, 0.717) is 6.61 Å². The van der Waals surface area contributed by atoms with Crippen molar-refractivity contribution in [1.82, 2.24) is 10.0 Å². The lowest BCUT2D eigenvalue weighted by Gasteiger charge is -2.23. The van der Waals surface area contributed by atoms with Crippen LogP contribution in [-0.4, -0.2) is 52.6 Å². The lowest BCUT2D eigenvalue weighted by atomic mass is 10.2. The molecule has 0 unspecified atom stereocenters. The molecule has 0 radical (unpaired) electrons. The molecular formula is C21H23F2N3O5S. The molecule has 1 aliphatic rings. The monoisotopic (exact) mass is 467 g/mol. The first kappa shape index (κ1) is 23.8. The minimum absolute atomic E-state index is 0.0974. The molecule has 0 aliphatic carbocycles. The predicted molar refractivity (Wildman–Crippen MR) is 112 cm³/mol. The van der Waals surface area contributed by atoms with Crippen molar-refractivity contribution in [2.24, 2.45) is 0 Å². The van der Waals surface area contributed by atoms with Crippen molar-refractivity contribution in [3.05, 3.63) is 60.2 Å². The Balaban J connectivity index is 1.68. The molecule has 1 atom stereocenters. The number of hydrogen-bond donors (Lipinski definition) is 2. The van der Waals surface area contributed by atoms with E-state index in [-0.39, 0.29) is 23.2 Å². The Morgan fingerprint density at radius 1 is 1.09 bits per heavy atom. The van der Waals surface area contributed by atoms with E-state index in [4.69, 9.17) is 4.74 Å². The quantitative estimate of drug-likeness (QED) is 0.583. The molecule has 1 saturated heterocycles. The zero-order valence-electron chi connectivity index (χ0n) is 17.1. The summed E-state index contributed by atoms with van der Waals surface area (Å²) in [6, 6.07) is 9.14. The maximum absolute atomic E-state index is 13.7. The SMILES string of the molecule is O=C(CN(C(=O)CNS(=O)(=O)c1ccc(F)cc1)c1cccc(F)c1)NC[C@@H]1CCCO1. The molecule has 0 saturated carbocycles. The van der Waals surface area contributed by atoms with Crippen LogP contribution < -0.4 is 14.9 Å². The highest BCUT2D eigenvalue weighted by molar-refractivity contribution is 7.89. The Bertz CT molecular complexity index is 1060. The van der Waals surface area contributed by atoms with Gasteiger partial charge >= 0.3 is 0 Å². The third kappa shape index (κ3) is 6.55. The first-order chi connectivity index (χ1) is 15.2. The number of ether oxygens (including phenoxy) is 1. The molecule has 1 heterocycles. The minimum atomic E-state index is -4.10. The molecule has 172 valence electrons. The van der Waals surface area contributed by atoms with Crippen LogP contribution in [-0.2, 0) is 24.3 Å². The molecule has 2 N–H and O–H groups in total. The number of rotatable bonds is 9. The average Bonchev–Trinajstić information content (AvgIpc) is 3.28. The Labute approximate surface area is 184 Å². The third-order valence-corrected chi connectivity index (χ3v) is 6.23. The van der Waals surface area contributed by atoms with Crippen LogP contribution in [0, 0.1) is 11.6 Å². The maximum atomic E-state index is 13.7. The first-order valence-corrected chi connectivity index (χ1v) is 11.4. The van der Waals surface area contributed by atoms with E-state index < -0.39 is 46.6 Å². The second-order valence-corrected chi connectivity index (χ2v) is 8.94. The zero-order chi connectivity index (χ0) is 23.1. The van der Waals surface area contributed by atoms with E-state index >= 15 is 0 Å². The maximum Gasteiger partial charge on any atom is 0.242 e. The molecular weight excluding hydrogens is 444 g/mol. The van der Waals surface area contributed by atoms with Crippen LogP contribution in [0.25, 0.3) is 0 Å². The van der Waals surface area contributed by atoms with Crippen molar-refractivity contribution in [2.45, 2.75) is 23.8 Å². The Kier molecular flexibility index (Phi) is 7.89. The normalized spacial score (nSPS) is 16.0. The van der Waals surface area contributed by atoms with Crippen molar-refractivity contribution in [1.29, 1.82) is 0 Å². The molecule has 2 aromatic rings. The van der Waals surface area contributed by atoms with Crippen LogP contribution in [0.5, 0.6) is 0 Å². The van der Waals surface area contributed by atoms with Gasteiger partial charge in [-0.25, -0.2) is 21.9 Å². The summed E-state index contributed by atoms with van der Waals surface area (Å²) in [5.74, 6) is -2.49. The van der Waals surface area contributed by atoms with Gasteiger partial charge in [-0.1, -0.05) is 6.07 Å². The molecule has 1 aliphatic heterocycles. The lowest BCUT2D eigenvalue weighted by molar-refractivity contribution is -0.123. The number of amides is 2. The summed E-state index contributed by atoms with van der Waals surface area (Å²) in [4.78, 5) is 26.0. The summed E-state index contributed by atoms with van der Waals surface area (Å²) >= 11 is 0. The molecule has 32 heavy (non-hydrogen) atoms. The van der Waals surface area contributed by atoms with Crippen LogP contribution in [0.3, 0.4) is 0 Å². The van der Waals surface area contributed by atoms with E-state index in [0.717, 1.165) is 48.1 Å². The smallest absolute Gasteiger partial charge is 0.242 e. The Morgan fingerprint density at radius 2 is 1.84 bits per heavy atom. The van der Waals surface area contributed by atoms with Gasteiger partial charge < -0.3 is 15.0 Å². The largest absolute Gasteiger partial charge is 0.376 e. The highest BCUT2D eigenvalue weighted by atomic mass is 32.2. The summed E-state index contributed by atoms with van der Waals surface area (Å²) in [5.41, 5.74) is 0.100. The fourth-order valence-corrected chi connectivity index (χ4v) is 4.12. The Hall–Kier alpha value is -2.89. The van der Waals surface area contributed by atoms with Gasteiger partial charge in [0.25, 0.3) is 0 Å². The van der Waals surface area contributed by atoms with Gasteiger partial charge in [0.1, 0.15) is 18.2 Å². The number of nitrogens with one attached hydrogen (secondary N) is 2. The first-order valence-electron chi connectivity index (χ1n) is 9.94. The molecule has 11 heteroatoms. The van der Waals surface area contributed by atoms with Crippen LogP contribution in [0.4, 0.5) is 14.5 Å². The van der Waals surface area contributed by atoms with Gasteiger partial charge in [0.05, 0.1) is 17.5 Å².